The molecule has 0 spiro atoms. The fraction of sp³-hybridized carbons (Fsp3) is 0.857. The predicted molar refractivity (Wildman–Crippen MR) is 82.1 cm³/mol. The maximum Gasteiger partial charge on any atom is 0.328 e. The molecule has 0 unspecified atom stereocenters. The Morgan fingerprint density at radius 1 is 1.35 bits per heavy atom. The zero-order valence-electron chi connectivity index (χ0n) is 12.6. The predicted octanol–water partition coefficient (Wildman–Crippen LogP) is 2.52. The van der Waals surface area contributed by atoms with Crippen LogP contribution in [0.3, 0.4) is 0 Å². The molecule has 0 saturated carbocycles. The van der Waals surface area contributed by atoms with Gasteiger partial charge >= 0.3 is 12.1 Å². The van der Waals surface area contributed by atoms with Gasteiger partial charge in [0.1, 0.15) is 0 Å². The van der Waals surface area contributed by atoms with E-state index in [4.69, 9.17) is 0 Å². The molecule has 0 aliphatic carbocycles. The Kier molecular flexibility index (Phi) is 4.83. The molecular formula is C14H25N3O2S. The molecule has 0 bridgehead atoms. The van der Waals surface area contributed by atoms with Gasteiger partial charge < -0.3 is 10.2 Å². The van der Waals surface area contributed by atoms with Crippen LogP contribution in [-0.2, 0) is 0 Å². The standard InChI is InChI=1S/C14H25N3O2S/c1-14(2,3)20-10-11-6-4-5-8-16(11)13(19)17-9-7-15-12(17)18/h11H,4-10H2,1-3H3,(H,15,18)/t11-/m0/s1. The Balaban J connectivity index is 1.99. The summed E-state index contributed by atoms with van der Waals surface area (Å²) >= 11 is 1.89. The van der Waals surface area contributed by atoms with Gasteiger partial charge in [0, 0.05) is 36.2 Å². The normalized spacial score (nSPS) is 23.9. The number of nitrogens with zero attached hydrogens (tertiary/aromatic N) is 2. The molecule has 2 aliphatic rings. The smallest absolute Gasteiger partial charge is 0.328 e. The number of hydrogen-bond donors (Lipinski definition) is 1. The lowest BCUT2D eigenvalue weighted by Crippen LogP contribution is -2.52. The first kappa shape index (κ1) is 15.5. The van der Waals surface area contributed by atoms with Crippen LogP contribution in [0.15, 0.2) is 0 Å². The molecule has 20 heavy (non-hydrogen) atoms. The molecule has 2 fully saturated rings. The second-order valence-corrected chi connectivity index (χ2v) is 8.28. The van der Waals surface area contributed by atoms with E-state index in [0.29, 0.717) is 13.1 Å². The molecule has 0 radical (unpaired) electrons. The second-order valence-electron chi connectivity index (χ2n) is 6.43. The first-order valence-corrected chi connectivity index (χ1v) is 8.37. The summed E-state index contributed by atoms with van der Waals surface area (Å²) in [7, 11) is 0. The number of piperidine rings is 1. The average molecular weight is 299 g/mol. The number of rotatable bonds is 2. The van der Waals surface area contributed by atoms with Gasteiger partial charge in [-0.2, -0.15) is 11.8 Å². The van der Waals surface area contributed by atoms with Crippen molar-refractivity contribution < 1.29 is 9.59 Å². The number of likely N-dealkylation sites (tertiary alicyclic amines) is 1. The lowest BCUT2D eigenvalue weighted by molar-refractivity contribution is 0.133. The summed E-state index contributed by atoms with van der Waals surface area (Å²) in [4.78, 5) is 27.4. The zero-order valence-corrected chi connectivity index (χ0v) is 13.5. The van der Waals surface area contributed by atoms with E-state index in [0.717, 1.165) is 25.1 Å². The van der Waals surface area contributed by atoms with Gasteiger partial charge in [-0.05, 0) is 19.3 Å². The average Bonchev–Trinajstić information content (AvgIpc) is 2.81. The minimum absolute atomic E-state index is 0.112. The molecule has 4 amide bonds. The monoisotopic (exact) mass is 299 g/mol. The van der Waals surface area contributed by atoms with Crippen LogP contribution in [0, 0.1) is 0 Å². The Morgan fingerprint density at radius 3 is 2.70 bits per heavy atom. The summed E-state index contributed by atoms with van der Waals surface area (Å²) in [6.07, 6.45) is 3.26. The van der Waals surface area contributed by atoms with Gasteiger partial charge in [-0.15, -0.1) is 0 Å². The third kappa shape index (κ3) is 3.81. The molecule has 6 heteroatoms. The van der Waals surface area contributed by atoms with Crippen molar-refractivity contribution in [2.45, 2.75) is 50.8 Å². The third-order valence-electron chi connectivity index (χ3n) is 3.67. The van der Waals surface area contributed by atoms with E-state index in [9.17, 15) is 9.59 Å². The van der Waals surface area contributed by atoms with Gasteiger partial charge in [-0.3, -0.25) is 0 Å². The summed E-state index contributed by atoms with van der Waals surface area (Å²) in [5, 5.41) is 2.69. The number of carbonyl (C=O) groups is 2. The maximum atomic E-state index is 12.5. The van der Waals surface area contributed by atoms with Crippen molar-refractivity contribution in [1.82, 2.24) is 15.1 Å². The molecule has 5 nitrogen and oxygen atoms in total. The summed E-state index contributed by atoms with van der Waals surface area (Å²) in [5.41, 5.74) is 0. The Morgan fingerprint density at radius 2 is 2.10 bits per heavy atom. The number of nitrogens with one attached hydrogen (secondary N) is 1. The highest BCUT2D eigenvalue weighted by Crippen LogP contribution is 2.29. The van der Waals surface area contributed by atoms with Crippen molar-refractivity contribution in [3.63, 3.8) is 0 Å². The highest BCUT2D eigenvalue weighted by Gasteiger charge is 2.35. The Bertz CT molecular complexity index is 381. The highest BCUT2D eigenvalue weighted by molar-refractivity contribution is 8.00. The van der Waals surface area contributed by atoms with Crippen LogP contribution in [0.25, 0.3) is 0 Å². The van der Waals surface area contributed by atoms with Crippen molar-refractivity contribution in [3.05, 3.63) is 0 Å². The summed E-state index contributed by atoms with van der Waals surface area (Å²) in [5.74, 6) is 0.949. The number of urea groups is 2. The van der Waals surface area contributed by atoms with E-state index >= 15 is 0 Å². The van der Waals surface area contributed by atoms with E-state index in [1.54, 1.807) is 0 Å². The number of amides is 4. The van der Waals surface area contributed by atoms with Crippen molar-refractivity contribution in [3.8, 4) is 0 Å². The van der Waals surface area contributed by atoms with Gasteiger partial charge in [0.05, 0.1) is 0 Å². The lowest BCUT2D eigenvalue weighted by atomic mass is 10.0. The minimum Gasteiger partial charge on any atom is -0.336 e. The van der Waals surface area contributed by atoms with E-state index in [-0.39, 0.29) is 22.9 Å². The molecule has 1 N–H and O–H groups in total. The molecule has 2 saturated heterocycles. The first-order chi connectivity index (χ1) is 9.38. The van der Waals surface area contributed by atoms with Gasteiger partial charge in [0.25, 0.3) is 0 Å². The van der Waals surface area contributed by atoms with Crippen molar-refractivity contribution in [1.29, 1.82) is 0 Å². The molecule has 1 atom stereocenters. The largest absolute Gasteiger partial charge is 0.336 e. The quantitative estimate of drug-likeness (QED) is 0.852. The van der Waals surface area contributed by atoms with E-state index in [1.807, 2.05) is 16.7 Å². The number of imide groups is 1. The highest BCUT2D eigenvalue weighted by atomic mass is 32.2. The third-order valence-corrected chi connectivity index (χ3v) is 5.09. The van der Waals surface area contributed by atoms with Crippen LogP contribution in [0.4, 0.5) is 9.59 Å². The van der Waals surface area contributed by atoms with Crippen molar-refractivity contribution in [2.75, 3.05) is 25.4 Å². The van der Waals surface area contributed by atoms with E-state index in [1.165, 1.54) is 11.3 Å². The Hall–Kier alpha value is -0.910. The minimum atomic E-state index is -0.247. The van der Waals surface area contributed by atoms with Gasteiger partial charge in [0.15, 0.2) is 0 Å². The molecule has 0 aromatic heterocycles. The molecule has 0 aromatic rings. The van der Waals surface area contributed by atoms with Crippen LogP contribution in [-0.4, -0.2) is 58.0 Å². The fourth-order valence-electron chi connectivity index (χ4n) is 2.58. The zero-order chi connectivity index (χ0) is 14.8. The van der Waals surface area contributed by atoms with Gasteiger partial charge in [-0.1, -0.05) is 20.8 Å². The van der Waals surface area contributed by atoms with Crippen LogP contribution >= 0.6 is 11.8 Å². The Labute approximate surface area is 125 Å². The summed E-state index contributed by atoms with van der Waals surface area (Å²) < 4.78 is 0.206. The van der Waals surface area contributed by atoms with E-state index in [2.05, 4.69) is 26.1 Å². The van der Waals surface area contributed by atoms with Crippen LogP contribution in [0.5, 0.6) is 0 Å². The van der Waals surface area contributed by atoms with Crippen molar-refractivity contribution >= 4 is 23.8 Å². The fourth-order valence-corrected chi connectivity index (χ4v) is 3.62. The van der Waals surface area contributed by atoms with Crippen LogP contribution in [0.1, 0.15) is 40.0 Å². The molecule has 114 valence electrons. The second kappa shape index (κ2) is 6.24. The summed E-state index contributed by atoms with van der Waals surface area (Å²) in [6.45, 7) is 8.42. The summed E-state index contributed by atoms with van der Waals surface area (Å²) in [6, 6.07) is -0.101. The van der Waals surface area contributed by atoms with Crippen LogP contribution in [0.2, 0.25) is 0 Å². The molecule has 2 rings (SSSR count). The van der Waals surface area contributed by atoms with Crippen LogP contribution < -0.4 is 5.32 Å². The molecule has 2 aliphatic heterocycles. The number of thioether (sulfide) groups is 1. The SMILES string of the molecule is CC(C)(C)SC[C@@H]1CCCCN1C(=O)N1CCNC1=O. The van der Waals surface area contributed by atoms with Gasteiger partial charge in [0.2, 0.25) is 0 Å². The molecular weight excluding hydrogens is 274 g/mol. The van der Waals surface area contributed by atoms with Crippen molar-refractivity contribution in [2.24, 2.45) is 0 Å². The van der Waals surface area contributed by atoms with Gasteiger partial charge in [-0.25, -0.2) is 14.5 Å². The number of carbonyl (C=O) groups excluding carboxylic acids is 2. The molecule has 2 heterocycles. The number of hydrogen-bond acceptors (Lipinski definition) is 3. The first-order valence-electron chi connectivity index (χ1n) is 7.38. The topological polar surface area (TPSA) is 52.7 Å². The lowest BCUT2D eigenvalue weighted by Gasteiger charge is -2.38. The maximum absolute atomic E-state index is 12.5. The van der Waals surface area contributed by atoms with E-state index < -0.39 is 0 Å². The molecule has 0 aromatic carbocycles.